The highest BCUT2D eigenvalue weighted by atomic mass is 35.5. The van der Waals surface area contributed by atoms with E-state index in [1.807, 2.05) is 47.8 Å². The maximum Gasteiger partial charge on any atom is 0.260 e. The molecule has 2 aromatic heterocycles. The Morgan fingerprint density at radius 3 is 2.56 bits per heavy atom. The van der Waals surface area contributed by atoms with Crippen molar-refractivity contribution in [3.05, 3.63) is 69.3 Å². The van der Waals surface area contributed by atoms with Crippen molar-refractivity contribution in [1.82, 2.24) is 9.55 Å². The molecule has 0 bridgehead atoms. The molecular weight excluding hydrogens is 354 g/mol. The highest BCUT2D eigenvalue weighted by Crippen LogP contribution is 2.37. The molecule has 0 amide bonds. The number of hydrogen-bond acceptors (Lipinski definition) is 4. The van der Waals surface area contributed by atoms with E-state index < -0.39 is 0 Å². The zero-order valence-corrected chi connectivity index (χ0v) is 14.9. The minimum atomic E-state index is -0.112. The minimum absolute atomic E-state index is 0.112. The third-order valence-electron chi connectivity index (χ3n) is 4.20. The first kappa shape index (κ1) is 15.9. The Morgan fingerprint density at radius 1 is 1.12 bits per heavy atom. The van der Waals surface area contributed by atoms with Crippen LogP contribution < -0.4 is 11.3 Å². The number of halogens is 1. The molecule has 0 aliphatic carbocycles. The van der Waals surface area contributed by atoms with Crippen LogP contribution in [0.15, 0.2) is 58.7 Å². The number of rotatable bonds is 2. The van der Waals surface area contributed by atoms with Crippen LogP contribution in [-0.4, -0.2) is 9.55 Å². The van der Waals surface area contributed by atoms with Gasteiger partial charge in [-0.05, 0) is 23.8 Å². The van der Waals surface area contributed by atoms with Crippen LogP contribution in [-0.2, 0) is 7.05 Å². The Bertz CT molecular complexity index is 1150. The first-order valence-electron chi connectivity index (χ1n) is 7.65. The monoisotopic (exact) mass is 367 g/mol. The van der Waals surface area contributed by atoms with Crippen molar-refractivity contribution >= 4 is 39.0 Å². The van der Waals surface area contributed by atoms with Crippen molar-refractivity contribution in [2.45, 2.75) is 0 Å². The van der Waals surface area contributed by atoms with Crippen LogP contribution >= 0.6 is 22.9 Å². The van der Waals surface area contributed by atoms with Gasteiger partial charge in [0.15, 0.2) is 5.13 Å². The van der Waals surface area contributed by atoms with Crippen LogP contribution in [0.2, 0.25) is 5.02 Å². The van der Waals surface area contributed by atoms with Crippen molar-refractivity contribution in [3.63, 3.8) is 0 Å². The van der Waals surface area contributed by atoms with Crippen LogP contribution in [0.5, 0.6) is 0 Å². The van der Waals surface area contributed by atoms with Gasteiger partial charge in [-0.3, -0.25) is 4.79 Å². The van der Waals surface area contributed by atoms with Crippen LogP contribution in [0.3, 0.4) is 0 Å². The van der Waals surface area contributed by atoms with Crippen molar-refractivity contribution in [3.8, 4) is 22.4 Å². The van der Waals surface area contributed by atoms with Crippen LogP contribution in [0.1, 0.15) is 0 Å². The maximum absolute atomic E-state index is 13.1. The second-order valence-corrected chi connectivity index (χ2v) is 7.04. The lowest BCUT2D eigenvalue weighted by atomic mass is 9.94. The first-order chi connectivity index (χ1) is 12.1. The number of hydrogen-bond donors (Lipinski definition) is 1. The highest BCUT2D eigenvalue weighted by molar-refractivity contribution is 7.13. The van der Waals surface area contributed by atoms with E-state index in [2.05, 4.69) is 4.98 Å². The molecule has 2 heterocycles. The second kappa shape index (κ2) is 6.02. The summed E-state index contributed by atoms with van der Waals surface area (Å²) >= 11 is 7.57. The molecular formula is C19H14ClN3OS. The van der Waals surface area contributed by atoms with Gasteiger partial charge in [-0.1, -0.05) is 41.9 Å². The number of benzene rings is 2. The number of fused-ring (bicyclic) bond motifs is 1. The third-order valence-corrected chi connectivity index (χ3v) is 5.11. The fraction of sp³-hybridized carbons (Fsp3) is 0.0526. The molecule has 25 heavy (non-hydrogen) atoms. The smallest absolute Gasteiger partial charge is 0.260 e. The molecule has 0 spiro atoms. The van der Waals surface area contributed by atoms with Gasteiger partial charge in [0.1, 0.15) is 0 Å². The molecule has 0 fully saturated rings. The molecule has 4 nitrogen and oxygen atoms in total. The molecule has 0 unspecified atom stereocenters. The zero-order chi connectivity index (χ0) is 17.6. The Balaban J connectivity index is 2.23. The van der Waals surface area contributed by atoms with Crippen molar-refractivity contribution in [2.75, 3.05) is 5.73 Å². The number of aromatic nitrogens is 2. The molecule has 0 saturated heterocycles. The summed E-state index contributed by atoms with van der Waals surface area (Å²) in [5.41, 5.74) is 9.40. The van der Waals surface area contributed by atoms with Gasteiger partial charge >= 0.3 is 0 Å². The number of pyridine rings is 1. The van der Waals surface area contributed by atoms with Crippen LogP contribution in [0.4, 0.5) is 5.13 Å². The van der Waals surface area contributed by atoms with E-state index in [0.29, 0.717) is 21.4 Å². The van der Waals surface area contributed by atoms with Crippen molar-refractivity contribution < 1.29 is 0 Å². The van der Waals surface area contributed by atoms with Gasteiger partial charge in [0.2, 0.25) is 0 Å². The molecule has 124 valence electrons. The quantitative estimate of drug-likeness (QED) is 0.564. The summed E-state index contributed by atoms with van der Waals surface area (Å²) < 4.78 is 1.63. The summed E-state index contributed by atoms with van der Waals surface area (Å²) in [7, 11) is 1.76. The lowest BCUT2D eigenvalue weighted by molar-refractivity contribution is 0.908. The van der Waals surface area contributed by atoms with E-state index in [-0.39, 0.29) is 5.56 Å². The first-order valence-corrected chi connectivity index (χ1v) is 8.91. The van der Waals surface area contributed by atoms with E-state index in [4.69, 9.17) is 17.3 Å². The molecule has 4 rings (SSSR count). The Hall–Kier alpha value is -2.63. The van der Waals surface area contributed by atoms with E-state index in [0.717, 1.165) is 22.0 Å². The van der Waals surface area contributed by atoms with Crippen LogP contribution in [0.25, 0.3) is 33.3 Å². The van der Waals surface area contributed by atoms with E-state index in [1.54, 1.807) is 17.7 Å². The van der Waals surface area contributed by atoms with E-state index in [9.17, 15) is 4.79 Å². The lowest BCUT2D eigenvalue weighted by Gasteiger charge is -2.15. The van der Waals surface area contributed by atoms with Gasteiger partial charge in [0.05, 0.1) is 16.8 Å². The predicted octanol–water partition coefficient (Wildman–Crippen LogP) is 4.56. The van der Waals surface area contributed by atoms with Gasteiger partial charge in [0, 0.05) is 28.4 Å². The molecule has 0 radical (unpaired) electrons. The lowest BCUT2D eigenvalue weighted by Crippen LogP contribution is -2.20. The number of thiazole rings is 1. The average Bonchev–Trinajstić information content (AvgIpc) is 3.04. The average molecular weight is 368 g/mol. The number of anilines is 1. The molecule has 0 saturated carbocycles. The summed E-state index contributed by atoms with van der Waals surface area (Å²) in [5.74, 6) is 0. The van der Waals surface area contributed by atoms with Gasteiger partial charge in [-0.25, -0.2) is 4.98 Å². The predicted molar refractivity (Wildman–Crippen MR) is 105 cm³/mol. The molecule has 0 aliphatic rings. The molecule has 0 atom stereocenters. The molecule has 2 aromatic carbocycles. The number of nitrogens with zero attached hydrogens (tertiary/aromatic N) is 2. The standard InChI is InChI=1S/C19H14ClN3OS/c1-23-15-8-7-12(20)9-13(15)16(11-5-3-2-4-6-11)17(18(23)24)14-10-25-19(21)22-14/h2-10H,1H3,(H2,21,22). The third kappa shape index (κ3) is 2.62. The number of nitrogens with two attached hydrogens (primary N) is 1. The Kier molecular flexibility index (Phi) is 3.82. The molecule has 4 aromatic rings. The fourth-order valence-electron chi connectivity index (χ4n) is 3.06. The summed E-state index contributed by atoms with van der Waals surface area (Å²) in [6, 6.07) is 15.3. The fourth-order valence-corrected chi connectivity index (χ4v) is 3.79. The van der Waals surface area contributed by atoms with Gasteiger partial charge in [-0.2, -0.15) is 0 Å². The number of nitrogen functional groups attached to an aromatic ring is 1. The largest absolute Gasteiger partial charge is 0.375 e. The SMILES string of the molecule is Cn1c(=O)c(-c2csc(N)n2)c(-c2ccccc2)c2cc(Cl)ccc21. The van der Waals surface area contributed by atoms with Gasteiger partial charge in [-0.15, -0.1) is 11.3 Å². The minimum Gasteiger partial charge on any atom is -0.375 e. The Morgan fingerprint density at radius 2 is 1.88 bits per heavy atom. The summed E-state index contributed by atoms with van der Waals surface area (Å²) in [6.07, 6.45) is 0. The second-order valence-electron chi connectivity index (χ2n) is 5.71. The van der Waals surface area contributed by atoms with Gasteiger partial charge in [0.25, 0.3) is 5.56 Å². The summed E-state index contributed by atoms with van der Waals surface area (Å²) in [5, 5.41) is 3.77. The highest BCUT2D eigenvalue weighted by Gasteiger charge is 2.20. The normalized spacial score (nSPS) is 11.1. The van der Waals surface area contributed by atoms with E-state index in [1.165, 1.54) is 11.3 Å². The molecule has 0 aliphatic heterocycles. The zero-order valence-electron chi connectivity index (χ0n) is 13.4. The summed E-state index contributed by atoms with van der Waals surface area (Å²) in [6.45, 7) is 0. The van der Waals surface area contributed by atoms with Crippen LogP contribution in [0, 0.1) is 0 Å². The van der Waals surface area contributed by atoms with Crippen molar-refractivity contribution in [2.24, 2.45) is 7.05 Å². The van der Waals surface area contributed by atoms with E-state index >= 15 is 0 Å². The summed E-state index contributed by atoms with van der Waals surface area (Å²) in [4.78, 5) is 17.5. The Labute approximate surface area is 153 Å². The topological polar surface area (TPSA) is 60.9 Å². The van der Waals surface area contributed by atoms with Gasteiger partial charge < -0.3 is 10.3 Å². The molecule has 6 heteroatoms. The molecule has 2 N–H and O–H groups in total. The number of aryl methyl sites for hydroxylation is 1. The maximum atomic E-state index is 13.1. The van der Waals surface area contributed by atoms with Crippen molar-refractivity contribution in [1.29, 1.82) is 0 Å².